The Bertz CT molecular complexity index is 1220. The highest BCUT2D eigenvalue weighted by molar-refractivity contribution is 7.17. The average Bonchev–Trinajstić information content (AvgIpc) is 3.54. The van der Waals surface area contributed by atoms with Gasteiger partial charge in [0.2, 0.25) is 0 Å². The van der Waals surface area contributed by atoms with E-state index in [0.717, 1.165) is 29.2 Å². The van der Waals surface area contributed by atoms with E-state index in [0.29, 0.717) is 53.0 Å². The summed E-state index contributed by atoms with van der Waals surface area (Å²) < 4.78 is 16.3. The number of methoxy groups -OCH3 is 2. The van der Waals surface area contributed by atoms with Crippen molar-refractivity contribution >= 4 is 28.8 Å². The molecule has 3 aromatic rings. The molecule has 1 aliphatic rings. The van der Waals surface area contributed by atoms with Crippen LogP contribution in [0.15, 0.2) is 36.4 Å². The summed E-state index contributed by atoms with van der Waals surface area (Å²) in [6, 6.07) is 10.9. The standard InChI is InChI=1S/C26H29N3O5S/c1-5-34-18-10-8-17(9-11-18)25-27-16(2)23(35-25)24(30)28-20-15-22(33-4)21(32-3)14-19(20)26(31)29-12-6-7-13-29/h8-11,14-15H,5-7,12-13H2,1-4H3,(H,28,30). The number of hydrogen-bond acceptors (Lipinski definition) is 7. The Hall–Kier alpha value is -3.59. The zero-order valence-corrected chi connectivity index (χ0v) is 21.2. The molecule has 1 fully saturated rings. The molecule has 8 nitrogen and oxygen atoms in total. The van der Waals surface area contributed by atoms with Crippen molar-refractivity contribution in [3.63, 3.8) is 0 Å². The number of carbonyl (C=O) groups excluding carboxylic acids is 2. The first-order valence-electron chi connectivity index (χ1n) is 11.5. The van der Waals surface area contributed by atoms with Crippen LogP contribution in [-0.2, 0) is 0 Å². The highest BCUT2D eigenvalue weighted by Crippen LogP contribution is 2.36. The third kappa shape index (κ3) is 5.24. The van der Waals surface area contributed by atoms with E-state index >= 15 is 0 Å². The minimum atomic E-state index is -0.333. The number of nitrogens with one attached hydrogen (secondary N) is 1. The van der Waals surface area contributed by atoms with E-state index in [2.05, 4.69) is 10.3 Å². The first kappa shape index (κ1) is 24.5. The largest absolute Gasteiger partial charge is 0.494 e. The molecule has 0 aliphatic carbocycles. The molecule has 35 heavy (non-hydrogen) atoms. The van der Waals surface area contributed by atoms with Crippen LogP contribution in [0.1, 0.15) is 45.5 Å². The summed E-state index contributed by atoms with van der Waals surface area (Å²) in [4.78, 5) is 33.4. The van der Waals surface area contributed by atoms with Crippen LogP contribution in [0.25, 0.3) is 10.6 Å². The Morgan fingerprint density at radius 2 is 1.71 bits per heavy atom. The molecule has 184 valence electrons. The molecule has 4 rings (SSSR count). The quantitative estimate of drug-likeness (QED) is 0.472. The van der Waals surface area contributed by atoms with Crippen molar-refractivity contribution in [2.24, 2.45) is 0 Å². The van der Waals surface area contributed by atoms with Gasteiger partial charge in [-0.15, -0.1) is 11.3 Å². The number of likely N-dealkylation sites (tertiary alicyclic amines) is 1. The third-order valence-electron chi connectivity index (χ3n) is 5.81. The van der Waals surface area contributed by atoms with Crippen LogP contribution in [0, 0.1) is 6.92 Å². The lowest BCUT2D eigenvalue weighted by Gasteiger charge is -2.20. The van der Waals surface area contributed by atoms with Crippen LogP contribution in [-0.4, -0.2) is 55.6 Å². The molecule has 0 saturated carbocycles. The van der Waals surface area contributed by atoms with Crippen LogP contribution in [0.5, 0.6) is 17.2 Å². The lowest BCUT2D eigenvalue weighted by Crippen LogP contribution is -2.29. The molecule has 9 heteroatoms. The highest BCUT2D eigenvalue weighted by atomic mass is 32.1. The Kier molecular flexibility index (Phi) is 7.55. The zero-order valence-electron chi connectivity index (χ0n) is 20.3. The molecule has 0 atom stereocenters. The molecule has 2 amide bonds. The normalized spacial score (nSPS) is 13.0. The van der Waals surface area contributed by atoms with E-state index in [4.69, 9.17) is 14.2 Å². The van der Waals surface area contributed by atoms with Crippen LogP contribution in [0.2, 0.25) is 0 Å². The number of thiazole rings is 1. The van der Waals surface area contributed by atoms with Gasteiger partial charge in [0.1, 0.15) is 15.6 Å². The maximum Gasteiger partial charge on any atom is 0.267 e. The van der Waals surface area contributed by atoms with Gasteiger partial charge in [-0.25, -0.2) is 4.98 Å². The summed E-state index contributed by atoms with van der Waals surface area (Å²) in [6.07, 6.45) is 1.93. The number of anilines is 1. The van der Waals surface area contributed by atoms with E-state index in [1.165, 1.54) is 25.6 Å². The smallest absolute Gasteiger partial charge is 0.267 e. The fraction of sp³-hybridized carbons (Fsp3) is 0.346. The van der Waals surface area contributed by atoms with Gasteiger partial charge in [-0.1, -0.05) is 0 Å². The fourth-order valence-corrected chi connectivity index (χ4v) is 4.99. The van der Waals surface area contributed by atoms with E-state index in [9.17, 15) is 9.59 Å². The van der Waals surface area contributed by atoms with Crippen molar-refractivity contribution in [3.05, 3.63) is 52.5 Å². The molecule has 0 unspecified atom stereocenters. The highest BCUT2D eigenvalue weighted by Gasteiger charge is 2.26. The number of aromatic nitrogens is 1. The molecule has 0 radical (unpaired) electrons. The number of carbonyl (C=O) groups is 2. The number of rotatable bonds is 8. The molecular formula is C26H29N3O5S. The Morgan fingerprint density at radius 1 is 1.06 bits per heavy atom. The fourth-order valence-electron chi connectivity index (χ4n) is 4.02. The summed E-state index contributed by atoms with van der Waals surface area (Å²) in [5.74, 6) is 1.16. The van der Waals surface area contributed by atoms with Crippen molar-refractivity contribution in [3.8, 4) is 27.8 Å². The van der Waals surface area contributed by atoms with Gasteiger partial charge in [-0.05, 0) is 57.0 Å². The number of nitrogens with zero attached hydrogens (tertiary/aromatic N) is 2. The summed E-state index contributed by atoms with van der Waals surface area (Å²) in [6.45, 7) is 5.72. The van der Waals surface area contributed by atoms with E-state index in [1.54, 1.807) is 24.0 Å². The van der Waals surface area contributed by atoms with Gasteiger partial charge in [0.05, 0.1) is 37.8 Å². The first-order valence-corrected chi connectivity index (χ1v) is 12.3. The summed E-state index contributed by atoms with van der Waals surface area (Å²) >= 11 is 1.30. The number of amides is 2. The maximum absolute atomic E-state index is 13.3. The van der Waals surface area contributed by atoms with Crippen molar-refractivity contribution in [1.82, 2.24) is 9.88 Å². The lowest BCUT2D eigenvalue weighted by atomic mass is 10.1. The van der Waals surface area contributed by atoms with Gasteiger partial charge in [0.15, 0.2) is 11.5 Å². The van der Waals surface area contributed by atoms with E-state index < -0.39 is 0 Å². The number of aryl methyl sites for hydroxylation is 1. The van der Waals surface area contributed by atoms with Crippen LogP contribution in [0.3, 0.4) is 0 Å². The monoisotopic (exact) mass is 495 g/mol. The molecule has 1 aliphatic heterocycles. The number of hydrogen-bond donors (Lipinski definition) is 1. The lowest BCUT2D eigenvalue weighted by molar-refractivity contribution is 0.0793. The van der Waals surface area contributed by atoms with Crippen molar-refractivity contribution in [1.29, 1.82) is 0 Å². The number of ether oxygens (including phenoxy) is 3. The first-order chi connectivity index (χ1) is 16.9. The predicted octanol–water partition coefficient (Wildman–Crippen LogP) is 5.02. The van der Waals surface area contributed by atoms with Gasteiger partial charge in [0, 0.05) is 24.7 Å². The molecule has 2 heterocycles. The second-order valence-electron chi connectivity index (χ2n) is 8.10. The van der Waals surface area contributed by atoms with Gasteiger partial charge in [-0.3, -0.25) is 9.59 Å². The number of benzene rings is 2. The third-order valence-corrected chi connectivity index (χ3v) is 7.02. The Balaban J connectivity index is 1.63. The second-order valence-corrected chi connectivity index (χ2v) is 9.10. The predicted molar refractivity (Wildman–Crippen MR) is 136 cm³/mol. The summed E-state index contributed by atoms with van der Waals surface area (Å²) in [5.41, 5.74) is 2.26. The Labute approximate surface area is 208 Å². The Morgan fingerprint density at radius 3 is 2.34 bits per heavy atom. The summed E-state index contributed by atoms with van der Waals surface area (Å²) in [5, 5.41) is 3.65. The average molecular weight is 496 g/mol. The van der Waals surface area contributed by atoms with Gasteiger partial charge >= 0.3 is 0 Å². The molecule has 1 saturated heterocycles. The summed E-state index contributed by atoms with van der Waals surface area (Å²) in [7, 11) is 3.03. The molecule has 2 aromatic carbocycles. The maximum atomic E-state index is 13.3. The minimum Gasteiger partial charge on any atom is -0.494 e. The second kappa shape index (κ2) is 10.8. The van der Waals surface area contributed by atoms with Gasteiger partial charge in [0.25, 0.3) is 11.8 Å². The van der Waals surface area contributed by atoms with Crippen molar-refractivity contribution in [2.45, 2.75) is 26.7 Å². The van der Waals surface area contributed by atoms with Crippen LogP contribution < -0.4 is 19.5 Å². The van der Waals surface area contributed by atoms with Crippen molar-refractivity contribution in [2.75, 3.05) is 39.2 Å². The minimum absolute atomic E-state index is 0.144. The molecular weight excluding hydrogens is 466 g/mol. The topological polar surface area (TPSA) is 90.0 Å². The van der Waals surface area contributed by atoms with E-state index in [1.807, 2.05) is 31.2 Å². The molecule has 0 bridgehead atoms. The SMILES string of the molecule is CCOc1ccc(-c2nc(C)c(C(=O)Nc3cc(OC)c(OC)cc3C(=O)N3CCCC3)s2)cc1. The van der Waals surface area contributed by atoms with E-state index in [-0.39, 0.29) is 11.8 Å². The molecule has 0 spiro atoms. The van der Waals surface area contributed by atoms with Crippen LogP contribution >= 0.6 is 11.3 Å². The molecule has 1 N–H and O–H groups in total. The van der Waals surface area contributed by atoms with Crippen molar-refractivity contribution < 1.29 is 23.8 Å². The van der Waals surface area contributed by atoms with Gasteiger partial charge < -0.3 is 24.4 Å². The zero-order chi connectivity index (χ0) is 24.9. The van der Waals surface area contributed by atoms with Crippen LogP contribution in [0.4, 0.5) is 5.69 Å². The molecule has 1 aromatic heterocycles. The van der Waals surface area contributed by atoms with Gasteiger partial charge in [-0.2, -0.15) is 0 Å².